The first kappa shape index (κ1) is 16.5. The van der Waals surface area contributed by atoms with E-state index in [1.54, 1.807) is 28.7 Å². The van der Waals surface area contributed by atoms with Gasteiger partial charge in [-0.15, -0.1) is 11.8 Å². The molecule has 0 saturated carbocycles. The Labute approximate surface area is 150 Å². The Bertz CT molecular complexity index is 719. The van der Waals surface area contributed by atoms with Gasteiger partial charge in [0.25, 0.3) is 5.91 Å². The number of methoxy groups -OCH3 is 2. The minimum absolute atomic E-state index is 0.00499. The Balaban J connectivity index is 1.66. The van der Waals surface area contributed by atoms with Crippen molar-refractivity contribution in [1.82, 2.24) is 9.80 Å². The number of amides is 2. The Hall–Kier alpha value is -1.93. The lowest BCUT2D eigenvalue weighted by atomic mass is 10.1. The molecule has 4 rings (SSSR count). The molecule has 0 spiro atoms. The molecule has 0 radical (unpaired) electrons. The molecule has 2 saturated heterocycles. The fraction of sp³-hybridized carbons (Fsp3) is 0.529. The zero-order valence-electron chi connectivity index (χ0n) is 14.2. The summed E-state index contributed by atoms with van der Waals surface area (Å²) in [4.78, 5) is 29.5. The summed E-state index contributed by atoms with van der Waals surface area (Å²) in [5, 5.41) is -0.141. The van der Waals surface area contributed by atoms with Gasteiger partial charge in [-0.25, -0.2) is 0 Å². The number of hydrogen-bond donors (Lipinski definition) is 0. The second-order valence-electron chi connectivity index (χ2n) is 6.12. The molecular weight excluding hydrogens is 344 g/mol. The van der Waals surface area contributed by atoms with Crippen LogP contribution in [0.15, 0.2) is 12.1 Å². The van der Waals surface area contributed by atoms with Crippen LogP contribution in [0.3, 0.4) is 0 Å². The van der Waals surface area contributed by atoms with Gasteiger partial charge in [0.05, 0.1) is 33.0 Å². The highest BCUT2D eigenvalue weighted by Gasteiger charge is 2.51. The third-order valence-electron chi connectivity index (χ3n) is 4.90. The summed E-state index contributed by atoms with van der Waals surface area (Å²) in [5.41, 5.74) is 1.41. The molecule has 0 aromatic heterocycles. The molecule has 3 heterocycles. The van der Waals surface area contributed by atoms with Gasteiger partial charge in [-0.1, -0.05) is 6.07 Å². The summed E-state index contributed by atoms with van der Waals surface area (Å²) < 4.78 is 16.1. The van der Waals surface area contributed by atoms with Crippen LogP contribution in [0.5, 0.6) is 11.5 Å². The fourth-order valence-corrected chi connectivity index (χ4v) is 5.12. The minimum atomic E-state index is -0.441. The number of carbonyl (C=O) groups excluding carboxylic acids is 2. The van der Waals surface area contributed by atoms with Crippen molar-refractivity contribution in [2.45, 2.75) is 11.4 Å². The van der Waals surface area contributed by atoms with Crippen LogP contribution >= 0.6 is 11.8 Å². The average molecular weight is 364 g/mol. The van der Waals surface area contributed by atoms with E-state index in [2.05, 4.69) is 0 Å². The van der Waals surface area contributed by atoms with E-state index in [1.807, 2.05) is 12.1 Å². The first-order chi connectivity index (χ1) is 12.2. The van der Waals surface area contributed by atoms with Gasteiger partial charge in [-0.05, 0) is 6.07 Å². The number of morpholine rings is 1. The third kappa shape index (κ3) is 2.46. The molecule has 8 heteroatoms. The predicted octanol–water partition coefficient (Wildman–Crippen LogP) is 1.13. The Kier molecular flexibility index (Phi) is 4.24. The number of nitrogens with zero attached hydrogens (tertiary/aromatic N) is 2. The second kappa shape index (κ2) is 6.42. The van der Waals surface area contributed by atoms with Crippen molar-refractivity contribution in [2.75, 3.05) is 46.3 Å². The van der Waals surface area contributed by atoms with E-state index in [0.717, 1.165) is 5.56 Å². The lowest BCUT2D eigenvalue weighted by molar-refractivity contribution is -0.139. The van der Waals surface area contributed by atoms with Crippen LogP contribution in [0.2, 0.25) is 0 Å². The quantitative estimate of drug-likeness (QED) is 0.801. The first-order valence-electron chi connectivity index (χ1n) is 8.23. The van der Waals surface area contributed by atoms with Crippen LogP contribution in [0.4, 0.5) is 0 Å². The number of carbonyl (C=O) groups is 2. The summed E-state index contributed by atoms with van der Waals surface area (Å²) in [6, 6.07) is 3.27. The van der Waals surface area contributed by atoms with Crippen molar-refractivity contribution in [3.05, 3.63) is 23.3 Å². The van der Waals surface area contributed by atoms with E-state index >= 15 is 0 Å². The molecule has 134 valence electrons. The van der Waals surface area contributed by atoms with Crippen molar-refractivity contribution < 1.29 is 23.8 Å². The maximum absolute atomic E-state index is 13.1. The molecule has 2 fully saturated rings. The van der Waals surface area contributed by atoms with Crippen LogP contribution in [0, 0.1) is 0 Å². The molecule has 2 unspecified atom stereocenters. The van der Waals surface area contributed by atoms with E-state index in [1.165, 1.54) is 7.11 Å². The molecule has 1 aromatic rings. The lowest BCUT2D eigenvalue weighted by Crippen LogP contribution is -2.51. The average Bonchev–Trinajstić information content (AvgIpc) is 3.21. The number of hydrogen-bond acceptors (Lipinski definition) is 6. The van der Waals surface area contributed by atoms with E-state index < -0.39 is 6.04 Å². The maximum Gasteiger partial charge on any atom is 0.260 e. The number of thioether (sulfide) groups is 1. The van der Waals surface area contributed by atoms with Gasteiger partial charge in [-0.3, -0.25) is 9.59 Å². The molecule has 2 amide bonds. The van der Waals surface area contributed by atoms with Gasteiger partial charge in [0.15, 0.2) is 11.5 Å². The second-order valence-corrected chi connectivity index (χ2v) is 7.23. The van der Waals surface area contributed by atoms with Crippen LogP contribution in [0.25, 0.3) is 0 Å². The van der Waals surface area contributed by atoms with Crippen molar-refractivity contribution in [3.63, 3.8) is 0 Å². The van der Waals surface area contributed by atoms with Crippen molar-refractivity contribution in [3.8, 4) is 11.5 Å². The molecule has 1 aromatic carbocycles. The lowest BCUT2D eigenvalue weighted by Gasteiger charge is -2.32. The molecule has 2 atom stereocenters. The van der Waals surface area contributed by atoms with Gasteiger partial charge in [-0.2, -0.15) is 0 Å². The monoisotopic (exact) mass is 364 g/mol. The Morgan fingerprint density at radius 1 is 1.24 bits per heavy atom. The Morgan fingerprint density at radius 3 is 2.68 bits per heavy atom. The largest absolute Gasteiger partial charge is 0.493 e. The summed E-state index contributed by atoms with van der Waals surface area (Å²) in [7, 11) is 3.07. The number of rotatable bonds is 3. The highest BCUT2D eigenvalue weighted by Crippen LogP contribution is 2.52. The van der Waals surface area contributed by atoms with Gasteiger partial charge < -0.3 is 24.0 Å². The van der Waals surface area contributed by atoms with Gasteiger partial charge in [0.2, 0.25) is 5.91 Å². The van der Waals surface area contributed by atoms with E-state index in [9.17, 15) is 9.59 Å². The topological polar surface area (TPSA) is 68.3 Å². The van der Waals surface area contributed by atoms with Crippen LogP contribution < -0.4 is 9.47 Å². The van der Waals surface area contributed by atoms with Gasteiger partial charge >= 0.3 is 0 Å². The highest BCUT2D eigenvalue weighted by atomic mass is 32.2. The molecule has 3 aliphatic rings. The number of ether oxygens (including phenoxy) is 3. The van der Waals surface area contributed by atoms with E-state index in [-0.39, 0.29) is 17.2 Å². The SMILES string of the molecule is COc1ccc2c(c1OC)C(=O)N1C(C(=O)N3CCOCC3)CSC21. The van der Waals surface area contributed by atoms with E-state index in [0.29, 0.717) is 49.1 Å². The highest BCUT2D eigenvalue weighted by molar-refractivity contribution is 7.99. The first-order valence-corrected chi connectivity index (χ1v) is 9.28. The summed E-state index contributed by atoms with van der Waals surface area (Å²) in [5.74, 6) is 1.42. The number of fused-ring (bicyclic) bond motifs is 3. The number of benzene rings is 1. The van der Waals surface area contributed by atoms with Gasteiger partial charge in [0, 0.05) is 24.4 Å². The molecular formula is C17H20N2O5S. The minimum Gasteiger partial charge on any atom is -0.493 e. The summed E-state index contributed by atoms with van der Waals surface area (Å²) >= 11 is 1.62. The van der Waals surface area contributed by atoms with Crippen LogP contribution in [0.1, 0.15) is 21.3 Å². The summed E-state index contributed by atoms with van der Waals surface area (Å²) in [6.07, 6.45) is 0. The molecule has 0 bridgehead atoms. The molecule has 0 aliphatic carbocycles. The predicted molar refractivity (Wildman–Crippen MR) is 92.1 cm³/mol. The van der Waals surface area contributed by atoms with E-state index in [4.69, 9.17) is 14.2 Å². The fourth-order valence-electron chi connectivity index (χ4n) is 3.68. The maximum atomic E-state index is 13.1. The van der Waals surface area contributed by atoms with Crippen LogP contribution in [-0.2, 0) is 9.53 Å². The van der Waals surface area contributed by atoms with Crippen molar-refractivity contribution in [1.29, 1.82) is 0 Å². The Morgan fingerprint density at radius 2 is 2.00 bits per heavy atom. The van der Waals surface area contributed by atoms with Crippen molar-refractivity contribution in [2.24, 2.45) is 0 Å². The zero-order chi connectivity index (χ0) is 17.6. The molecule has 3 aliphatic heterocycles. The van der Waals surface area contributed by atoms with Gasteiger partial charge in [0.1, 0.15) is 11.4 Å². The third-order valence-corrected chi connectivity index (χ3v) is 6.21. The summed E-state index contributed by atoms with van der Waals surface area (Å²) in [6.45, 7) is 2.26. The standard InChI is InChI=1S/C17H20N2O5S/c1-22-12-4-3-10-13(14(12)23-2)16(21)19-11(9-25-17(10)19)15(20)18-5-7-24-8-6-18/h3-4,11,17H,5-9H2,1-2H3. The normalized spacial score (nSPS) is 25.0. The van der Waals surface area contributed by atoms with Crippen molar-refractivity contribution >= 4 is 23.6 Å². The zero-order valence-corrected chi connectivity index (χ0v) is 15.0. The molecule has 7 nitrogen and oxygen atoms in total. The smallest absolute Gasteiger partial charge is 0.260 e. The molecule has 0 N–H and O–H groups in total. The molecule has 25 heavy (non-hydrogen) atoms. The van der Waals surface area contributed by atoms with Crippen LogP contribution in [-0.4, -0.2) is 73.9 Å².